The van der Waals surface area contributed by atoms with Crippen LogP contribution in [0.3, 0.4) is 0 Å². The third-order valence-corrected chi connectivity index (χ3v) is 1.56. The molecule has 0 saturated carbocycles. The Morgan fingerprint density at radius 2 is 1.93 bits per heavy atom. The summed E-state index contributed by atoms with van der Waals surface area (Å²) in [7, 11) is 0. The first kappa shape index (κ1) is 13.9. The number of rotatable bonds is 4. The Kier molecular flexibility index (Phi) is 8.76. The van der Waals surface area contributed by atoms with E-state index >= 15 is 0 Å². The van der Waals surface area contributed by atoms with Crippen LogP contribution < -0.4 is 16.8 Å². The van der Waals surface area contributed by atoms with Gasteiger partial charge in [-0.25, -0.2) is 0 Å². The van der Waals surface area contributed by atoms with Crippen molar-refractivity contribution in [2.24, 2.45) is 5.73 Å². The molecule has 1 aromatic carbocycles. The predicted molar refractivity (Wildman–Crippen MR) is 64.5 cm³/mol. The van der Waals surface area contributed by atoms with E-state index in [0.29, 0.717) is 13.1 Å². The maximum absolute atomic E-state index is 8.68. The molecule has 1 aromatic rings. The van der Waals surface area contributed by atoms with E-state index in [-0.39, 0.29) is 6.10 Å². The molecule has 1 atom stereocenters. The largest absolute Gasteiger partial charge is 0.399 e. The highest BCUT2D eigenvalue weighted by molar-refractivity contribution is 5.35. The van der Waals surface area contributed by atoms with Crippen LogP contribution in [-0.4, -0.2) is 30.8 Å². The third-order valence-electron chi connectivity index (χ3n) is 1.56. The Bertz CT molecular complexity index is 227. The highest BCUT2D eigenvalue weighted by atomic mass is 16.3. The van der Waals surface area contributed by atoms with Crippen molar-refractivity contribution >= 4 is 5.69 Å². The molecular formula is C11H21N3O. The summed E-state index contributed by atoms with van der Waals surface area (Å²) < 4.78 is 0. The minimum atomic E-state index is -0.262. The number of benzene rings is 1. The zero-order valence-corrected chi connectivity index (χ0v) is 9.19. The Morgan fingerprint density at radius 1 is 1.33 bits per heavy atom. The van der Waals surface area contributed by atoms with Gasteiger partial charge in [-0.1, -0.05) is 18.2 Å². The van der Waals surface area contributed by atoms with Gasteiger partial charge in [0.1, 0.15) is 0 Å². The topological polar surface area (TPSA) is 84.3 Å². The average Bonchev–Trinajstić information content (AvgIpc) is 2.20. The SMILES string of the molecule is CC(O)CNCCN.Nc1ccccc1. The van der Waals surface area contributed by atoms with Crippen molar-refractivity contribution in [3.63, 3.8) is 0 Å². The van der Waals surface area contributed by atoms with Gasteiger partial charge in [-0.3, -0.25) is 0 Å². The van der Waals surface area contributed by atoms with E-state index in [2.05, 4.69) is 5.32 Å². The number of para-hydroxylation sites is 1. The van der Waals surface area contributed by atoms with Gasteiger partial charge in [-0.2, -0.15) is 0 Å². The first-order valence-electron chi connectivity index (χ1n) is 5.06. The number of nitrogens with two attached hydrogens (primary N) is 2. The molecule has 0 aromatic heterocycles. The molecule has 0 aliphatic rings. The summed E-state index contributed by atoms with van der Waals surface area (Å²) in [5.41, 5.74) is 11.4. The molecule has 1 unspecified atom stereocenters. The molecule has 1 rings (SSSR count). The third kappa shape index (κ3) is 10.8. The van der Waals surface area contributed by atoms with Crippen molar-refractivity contribution in [1.29, 1.82) is 0 Å². The van der Waals surface area contributed by atoms with Crippen molar-refractivity contribution in [2.75, 3.05) is 25.4 Å². The lowest BCUT2D eigenvalue weighted by atomic mass is 10.3. The number of hydrogen-bond acceptors (Lipinski definition) is 4. The summed E-state index contributed by atoms with van der Waals surface area (Å²) in [6.45, 7) is 3.79. The molecule has 4 nitrogen and oxygen atoms in total. The first-order valence-corrected chi connectivity index (χ1v) is 5.06. The fraction of sp³-hybridized carbons (Fsp3) is 0.455. The zero-order chi connectivity index (χ0) is 11.5. The second-order valence-electron chi connectivity index (χ2n) is 3.25. The van der Waals surface area contributed by atoms with Gasteiger partial charge in [0.05, 0.1) is 6.10 Å². The molecule has 0 amide bonds. The van der Waals surface area contributed by atoms with E-state index < -0.39 is 0 Å². The first-order chi connectivity index (χ1) is 7.16. The Labute approximate surface area is 91.3 Å². The van der Waals surface area contributed by atoms with Crippen LogP contribution in [0.2, 0.25) is 0 Å². The van der Waals surface area contributed by atoms with Crippen molar-refractivity contribution in [1.82, 2.24) is 5.32 Å². The van der Waals surface area contributed by atoms with E-state index in [1.54, 1.807) is 6.92 Å². The van der Waals surface area contributed by atoms with Crippen LogP contribution in [0.5, 0.6) is 0 Å². The summed E-state index contributed by atoms with van der Waals surface area (Å²) in [6, 6.07) is 9.49. The van der Waals surface area contributed by atoms with E-state index in [1.165, 1.54) is 0 Å². The molecule has 0 spiro atoms. The molecule has 6 N–H and O–H groups in total. The summed E-state index contributed by atoms with van der Waals surface area (Å²) >= 11 is 0. The van der Waals surface area contributed by atoms with Gasteiger partial charge in [0.15, 0.2) is 0 Å². The number of nitrogens with one attached hydrogen (secondary N) is 1. The predicted octanol–water partition coefficient (Wildman–Crippen LogP) is 0.184. The van der Waals surface area contributed by atoms with E-state index in [1.807, 2.05) is 30.3 Å². The van der Waals surface area contributed by atoms with Gasteiger partial charge in [-0.05, 0) is 19.1 Å². The van der Waals surface area contributed by atoms with Crippen LogP contribution in [0.15, 0.2) is 30.3 Å². The normalized spacial score (nSPS) is 11.4. The lowest BCUT2D eigenvalue weighted by molar-refractivity contribution is 0.192. The standard InChI is InChI=1S/C6H7N.C5H14N2O/c7-6-4-2-1-3-5-6;1-5(8)4-7-3-2-6/h1-5H,7H2;5,7-8H,2-4,6H2,1H3. The van der Waals surface area contributed by atoms with Crippen molar-refractivity contribution in [3.8, 4) is 0 Å². The molecule has 0 aliphatic carbocycles. The second kappa shape index (κ2) is 9.45. The van der Waals surface area contributed by atoms with Gasteiger partial charge >= 0.3 is 0 Å². The summed E-state index contributed by atoms with van der Waals surface area (Å²) in [4.78, 5) is 0. The Hall–Kier alpha value is -1.10. The number of hydrogen-bond donors (Lipinski definition) is 4. The lowest BCUT2D eigenvalue weighted by Crippen LogP contribution is -2.29. The molecular weight excluding hydrogens is 190 g/mol. The zero-order valence-electron chi connectivity index (χ0n) is 9.19. The molecule has 86 valence electrons. The van der Waals surface area contributed by atoms with Crippen LogP contribution >= 0.6 is 0 Å². The Balaban J connectivity index is 0.000000262. The molecule has 0 bridgehead atoms. The minimum Gasteiger partial charge on any atom is -0.399 e. The second-order valence-corrected chi connectivity index (χ2v) is 3.25. The number of aliphatic hydroxyl groups excluding tert-OH is 1. The van der Waals surface area contributed by atoms with E-state index in [0.717, 1.165) is 12.2 Å². The van der Waals surface area contributed by atoms with Crippen molar-refractivity contribution in [2.45, 2.75) is 13.0 Å². The van der Waals surface area contributed by atoms with Gasteiger partial charge in [0.2, 0.25) is 0 Å². The molecule has 0 radical (unpaired) electrons. The number of nitrogen functional groups attached to an aromatic ring is 1. The molecule has 0 heterocycles. The van der Waals surface area contributed by atoms with Crippen LogP contribution in [-0.2, 0) is 0 Å². The molecule has 15 heavy (non-hydrogen) atoms. The van der Waals surface area contributed by atoms with Gasteiger partial charge in [-0.15, -0.1) is 0 Å². The molecule has 0 aliphatic heterocycles. The lowest BCUT2D eigenvalue weighted by Gasteiger charge is -2.03. The van der Waals surface area contributed by atoms with Gasteiger partial charge in [0.25, 0.3) is 0 Å². The van der Waals surface area contributed by atoms with E-state index in [9.17, 15) is 0 Å². The Morgan fingerprint density at radius 3 is 2.27 bits per heavy atom. The fourth-order valence-corrected chi connectivity index (χ4v) is 0.866. The maximum Gasteiger partial charge on any atom is 0.0636 e. The maximum atomic E-state index is 8.68. The van der Waals surface area contributed by atoms with Crippen LogP contribution in [0.1, 0.15) is 6.92 Å². The quantitative estimate of drug-likeness (QED) is 0.423. The smallest absolute Gasteiger partial charge is 0.0636 e. The van der Waals surface area contributed by atoms with Crippen molar-refractivity contribution < 1.29 is 5.11 Å². The number of aliphatic hydroxyl groups is 1. The average molecular weight is 211 g/mol. The minimum absolute atomic E-state index is 0.262. The molecule has 0 fully saturated rings. The monoisotopic (exact) mass is 211 g/mol. The van der Waals surface area contributed by atoms with Crippen molar-refractivity contribution in [3.05, 3.63) is 30.3 Å². The van der Waals surface area contributed by atoms with Gasteiger partial charge < -0.3 is 21.9 Å². The van der Waals surface area contributed by atoms with Crippen LogP contribution in [0.25, 0.3) is 0 Å². The highest BCUT2D eigenvalue weighted by Crippen LogP contribution is 1.95. The van der Waals surface area contributed by atoms with Crippen LogP contribution in [0.4, 0.5) is 5.69 Å². The summed E-state index contributed by atoms with van der Waals surface area (Å²) in [6.07, 6.45) is -0.262. The summed E-state index contributed by atoms with van der Waals surface area (Å²) in [5.74, 6) is 0. The van der Waals surface area contributed by atoms with Gasteiger partial charge in [0, 0.05) is 25.3 Å². The van der Waals surface area contributed by atoms with E-state index in [4.69, 9.17) is 16.6 Å². The van der Waals surface area contributed by atoms with Crippen LogP contribution in [0, 0.1) is 0 Å². The number of anilines is 1. The summed E-state index contributed by atoms with van der Waals surface area (Å²) in [5, 5.41) is 11.6. The fourth-order valence-electron chi connectivity index (χ4n) is 0.866. The highest BCUT2D eigenvalue weighted by Gasteiger charge is 1.90. The molecule has 4 heteroatoms. The molecule has 0 saturated heterocycles.